The third kappa shape index (κ3) is 4.38. The molecular formula is C25H26N4O4S. The highest BCUT2D eigenvalue weighted by Gasteiger charge is 2.41. The molecule has 0 spiro atoms. The van der Waals surface area contributed by atoms with Crippen LogP contribution in [0.5, 0.6) is 0 Å². The number of aryl methyl sites for hydroxylation is 1. The van der Waals surface area contributed by atoms with Gasteiger partial charge in [0.2, 0.25) is 0 Å². The number of rotatable bonds is 7. The maximum absolute atomic E-state index is 11.9. The van der Waals surface area contributed by atoms with E-state index in [0.29, 0.717) is 11.7 Å². The van der Waals surface area contributed by atoms with Gasteiger partial charge in [-0.15, -0.1) is 0 Å². The predicted molar refractivity (Wildman–Crippen MR) is 131 cm³/mol. The number of esters is 1. The fourth-order valence-electron chi connectivity index (χ4n) is 4.54. The van der Waals surface area contributed by atoms with Gasteiger partial charge in [-0.3, -0.25) is 9.78 Å². The highest BCUT2D eigenvalue weighted by molar-refractivity contribution is 7.80. The first-order valence-corrected chi connectivity index (χ1v) is 11.3. The summed E-state index contributed by atoms with van der Waals surface area (Å²) in [5, 5.41) is 13.2. The lowest BCUT2D eigenvalue weighted by molar-refractivity contribution is -0.140. The van der Waals surface area contributed by atoms with E-state index in [9.17, 15) is 14.7 Å². The van der Waals surface area contributed by atoms with Crippen LogP contribution in [0.4, 0.5) is 0 Å². The van der Waals surface area contributed by atoms with Gasteiger partial charge in [0, 0.05) is 29.8 Å². The van der Waals surface area contributed by atoms with Gasteiger partial charge in [0.1, 0.15) is 0 Å². The highest BCUT2D eigenvalue weighted by Crippen LogP contribution is 2.41. The lowest BCUT2D eigenvalue weighted by atomic mass is 9.96. The average molecular weight is 479 g/mol. The summed E-state index contributed by atoms with van der Waals surface area (Å²) < 4.78 is 6.93. The Morgan fingerprint density at radius 3 is 2.53 bits per heavy atom. The van der Waals surface area contributed by atoms with Gasteiger partial charge < -0.3 is 24.6 Å². The first kappa shape index (κ1) is 23.4. The summed E-state index contributed by atoms with van der Waals surface area (Å²) in [7, 11) is 1.38. The van der Waals surface area contributed by atoms with E-state index in [2.05, 4.69) is 20.9 Å². The van der Waals surface area contributed by atoms with Gasteiger partial charge in [0.25, 0.3) is 0 Å². The van der Waals surface area contributed by atoms with Gasteiger partial charge in [-0.2, -0.15) is 0 Å². The molecule has 1 aliphatic heterocycles. The second-order valence-electron chi connectivity index (χ2n) is 8.16. The number of nitrogens with one attached hydrogen (secondary N) is 1. The smallest absolute Gasteiger partial charge is 0.335 e. The van der Waals surface area contributed by atoms with Crippen molar-refractivity contribution in [3.05, 3.63) is 82.9 Å². The SMILES string of the molecule is COC(=O)CCN1C(=S)NC(c2ccccn2)C1c1cc(C)n(-c2ccc(C(=O)O)cc2)c1C. The Hall–Kier alpha value is -3.72. The Kier molecular flexibility index (Phi) is 6.65. The average Bonchev–Trinajstić information content (AvgIpc) is 3.32. The number of pyridine rings is 1. The van der Waals surface area contributed by atoms with Gasteiger partial charge in [0.05, 0.1) is 36.9 Å². The van der Waals surface area contributed by atoms with Crippen LogP contribution in [0.25, 0.3) is 5.69 Å². The number of hydrogen-bond acceptors (Lipinski definition) is 5. The third-order valence-corrected chi connectivity index (χ3v) is 6.50. The molecule has 0 bridgehead atoms. The van der Waals surface area contributed by atoms with E-state index in [4.69, 9.17) is 17.0 Å². The Labute approximate surface area is 203 Å². The van der Waals surface area contributed by atoms with Crippen molar-refractivity contribution in [2.24, 2.45) is 0 Å². The van der Waals surface area contributed by atoms with Gasteiger partial charge >= 0.3 is 11.9 Å². The van der Waals surface area contributed by atoms with Crippen LogP contribution in [0.15, 0.2) is 54.7 Å². The van der Waals surface area contributed by atoms with Crippen molar-refractivity contribution in [2.75, 3.05) is 13.7 Å². The minimum Gasteiger partial charge on any atom is -0.478 e. The Balaban J connectivity index is 1.77. The van der Waals surface area contributed by atoms with Crippen LogP contribution in [0, 0.1) is 13.8 Å². The summed E-state index contributed by atoms with van der Waals surface area (Å²) in [6.07, 6.45) is 1.96. The molecule has 4 rings (SSSR count). The molecule has 34 heavy (non-hydrogen) atoms. The van der Waals surface area contributed by atoms with Crippen LogP contribution in [0.3, 0.4) is 0 Å². The van der Waals surface area contributed by atoms with E-state index in [-0.39, 0.29) is 30.0 Å². The van der Waals surface area contributed by atoms with E-state index in [1.165, 1.54) is 7.11 Å². The van der Waals surface area contributed by atoms with Gasteiger partial charge in [-0.1, -0.05) is 6.07 Å². The molecule has 0 radical (unpaired) electrons. The van der Waals surface area contributed by atoms with Crippen molar-refractivity contribution < 1.29 is 19.4 Å². The summed E-state index contributed by atoms with van der Waals surface area (Å²) in [6, 6.07) is 14.3. The number of hydrogen-bond donors (Lipinski definition) is 2. The summed E-state index contributed by atoms with van der Waals surface area (Å²) in [5.74, 6) is -1.26. The van der Waals surface area contributed by atoms with Crippen LogP contribution in [0.2, 0.25) is 0 Å². The number of thiocarbonyl (C=S) groups is 1. The molecule has 8 nitrogen and oxygen atoms in total. The lowest BCUT2D eigenvalue weighted by Gasteiger charge is -2.28. The fourth-order valence-corrected chi connectivity index (χ4v) is 4.87. The first-order valence-electron chi connectivity index (χ1n) is 10.9. The lowest BCUT2D eigenvalue weighted by Crippen LogP contribution is -2.32. The zero-order valence-corrected chi connectivity index (χ0v) is 20.0. The largest absolute Gasteiger partial charge is 0.478 e. The molecule has 0 aliphatic carbocycles. The zero-order valence-electron chi connectivity index (χ0n) is 19.2. The molecule has 1 saturated heterocycles. The van der Waals surface area contributed by atoms with E-state index in [0.717, 1.165) is 28.3 Å². The summed E-state index contributed by atoms with van der Waals surface area (Å²) in [6.45, 7) is 4.45. The maximum Gasteiger partial charge on any atom is 0.335 e. The number of carboxylic acids is 1. The van der Waals surface area contributed by atoms with Crippen LogP contribution < -0.4 is 5.32 Å². The molecule has 3 heterocycles. The molecule has 0 saturated carbocycles. The standard InChI is InChI=1S/C25H26N4O4S/c1-15-14-19(16(2)29(15)18-9-7-17(8-10-18)24(31)32)23-22(20-6-4-5-12-26-20)27-25(34)28(23)13-11-21(30)33-3/h4-10,12,14,22-23H,11,13H2,1-3H3,(H,27,34)(H,31,32). The molecule has 0 amide bonds. The Bertz CT molecular complexity index is 1220. The zero-order chi connectivity index (χ0) is 24.4. The van der Waals surface area contributed by atoms with Crippen LogP contribution >= 0.6 is 12.2 Å². The van der Waals surface area contributed by atoms with Crippen molar-refractivity contribution in [2.45, 2.75) is 32.4 Å². The van der Waals surface area contributed by atoms with E-state index in [1.807, 2.05) is 36.9 Å². The van der Waals surface area contributed by atoms with Crippen molar-refractivity contribution >= 4 is 29.3 Å². The minimum atomic E-state index is -0.960. The van der Waals surface area contributed by atoms with E-state index >= 15 is 0 Å². The summed E-state index contributed by atoms with van der Waals surface area (Å²) in [5.41, 5.74) is 5.01. The molecular weight excluding hydrogens is 452 g/mol. The predicted octanol–water partition coefficient (Wildman–Crippen LogP) is 3.72. The summed E-state index contributed by atoms with van der Waals surface area (Å²) in [4.78, 5) is 29.7. The Morgan fingerprint density at radius 1 is 1.18 bits per heavy atom. The number of carbonyl (C=O) groups is 2. The summed E-state index contributed by atoms with van der Waals surface area (Å²) >= 11 is 5.67. The van der Waals surface area contributed by atoms with E-state index in [1.54, 1.807) is 30.5 Å². The number of carboxylic acid groups (broad SMARTS) is 1. The van der Waals surface area contributed by atoms with Crippen LogP contribution in [-0.2, 0) is 9.53 Å². The molecule has 9 heteroatoms. The maximum atomic E-state index is 11.9. The van der Waals surface area contributed by atoms with E-state index < -0.39 is 5.97 Å². The van der Waals surface area contributed by atoms with Crippen molar-refractivity contribution in [1.29, 1.82) is 0 Å². The molecule has 1 aliphatic rings. The molecule has 2 atom stereocenters. The Morgan fingerprint density at radius 2 is 1.91 bits per heavy atom. The number of aromatic carboxylic acids is 1. The number of methoxy groups -OCH3 is 1. The molecule has 2 N–H and O–H groups in total. The van der Waals surface area contributed by atoms with Crippen LogP contribution in [-0.4, -0.2) is 50.3 Å². The number of aromatic nitrogens is 2. The third-order valence-electron chi connectivity index (χ3n) is 6.14. The quantitative estimate of drug-likeness (QED) is 0.392. The minimum absolute atomic E-state index is 0.190. The number of carbonyl (C=O) groups excluding carboxylic acids is 1. The normalized spacial score (nSPS) is 17.5. The van der Waals surface area contributed by atoms with Crippen molar-refractivity contribution in [3.8, 4) is 5.69 Å². The number of ether oxygens (including phenoxy) is 1. The first-order chi connectivity index (χ1) is 16.3. The number of benzene rings is 1. The topological polar surface area (TPSA) is 96.7 Å². The second-order valence-corrected chi connectivity index (χ2v) is 8.55. The molecule has 176 valence electrons. The molecule has 3 aromatic rings. The molecule has 1 fully saturated rings. The van der Waals surface area contributed by atoms with Gasteiger partial charge in [0.15, 0.2) is 5.11 Å². The van der Waals surface area contributed by atoms with Gasteiger partial charge in [-0.25, -0.2) is 4.79 Å². The highest BCUT2D eigenvalue weighted by atomic mass is 32.1. The monoisotopic (exact) mass is 478 g/mol. The fraction of sp³-hybridized carbons (Fsp3) is 0.280. The van der Waals surface area contributed by atoms with Crippen molar-refractivity contribution in [1.82, 2.24) is 19.8 Å². The van der Waals surface area contributed by atoms with Gasteiger partial charge in [-0.05, 0) is 74.1 Å². The molecule has 2 aromatic heterocycles. The van der Waals surface area contributed by atoms with Crippen LogP contribution in [0.1, 0.15) is 51.5 Å². The number of nitrogens with zero attached hydrogens (tertiary/aromatic N) is 3. The molecule has 2 unspecified atom stereocenters. The van der Waals surface area contributed by atoms with Crippen molar-refractivity contribution in [3.63, 3.8) is 0 Å². The molecule has 1 aromatic carbocycles. The second kappa shape index (κ2) is 9.64.